The van der Waals surface area contributed by atoms with Gasteiger partial charge in [0.25, 0.3) is 0 Å². The SMILES string of the molecule is O=C(CCNC1CCNCC1)N1CCCCC1. The number of carbonyl (C=O) groups excluding carboxylic acids is 1. The van der Waals surface area contributed by atoms with Gasteiger partial charge in [0.1, 0.15) is 0 Å². The zero-order chi connectivity index (χ0) is 11.9. The zero-order valence-corrected chi connectivity index (χ0v) is 10.7. The minimum atomic E-state index is 0.339. The maximum Gasteiger partial charge on any atom is 0.223 e. The van der Waals surface area contributed by atoms with Crippen molar-refractivity contribution in [2.75, 3.05) is 32.7 Å². The lowest BCUT2D eigenvalue weighted by atomic mass is 10.1. The molecule has 4 nitrogen and oxygen atoms in total. The van der Waals surface area contributed by atoms with Crippen LogP contribution in [0.15, 0.2) is 0 Å². The van der Waals surface area contributed by atoms with E-state index in [-0.39, 0.29) is 0 Å². The largest absolute Gasteiger partial charge is 0.343 e. The summed E-state index contributed by atoms with van der Waals surface area (Å²) < 4.78 is 0. The molecule has 2 heterocycles. The number of carbonyl (C=O) groups is 1. The first kappa shape index (κ1) is 12.8. The Kier molecular flexibility index (Phi) is 5.26. The molecular formula is C13H25N3O. The summed E-state index contributed by atoms with van der Waals surface area (Å²) in [5.41, 5.74) is 0. The molecule has 0 spiro atoms. The van der Waals surface area contributed by atoms with Gasteiger partial charge in [0.05, 0.1) is 0 Å². The number of piperidine rings is 2. The number of nitrogens with one attached hydrogen (secondary N) is 2. The molecule has 2 aliphatic rings. The maximum atomic E-state index is 11.9. The number of nitrogens with zero attached hydrogens (tertiary/aromatic N) is 1. The Hall–Kier alpha value is -0.610. The summed E-state index contributed by atoms with van der Waals surface area (Å²) >= 11 is 0. The van der Waals surface area contributed by atoms with Gasteiger partial charge < -0.3 is 15.5 Å². The fourth-order valence-electron chi connectivity index (χ4n) is 2.71. The molecule has 2 rings (SSSR count). The van der Waals surface area contributed by atoms with Gasteiger partial charge in [-0.05, 0) is 45.2 Å². The normalized spacial score (nSPS) is 22.7. The van der Waals surface area contributed by atoms with Gasteiger partial charge in [-0.15, -0.1) is 0 Å². The van der Waals surface area contributed by atoms with E-state index in [4.69, 9.17) is 0 Å². The van der Waals surface area contributed by atoms with Crippen molar-refractivity contribution in [2.24, 2.45) is 0 Å². The van der Waals surface area contributed by atoms with Crippen LogP contribution in [0.4, 0.5) is 0 Å². The summed E-state index contributed by atoms with van der Waals surface area (Å²) in [6.07, 6.45) is 6.72. The third kappa shape index (κ3) is 4.28. The number of amides is 1. The van der Waals surface area contributed by atoms with Gasteiger partial charge in [0, 0.05) is 32.1 Å². The molecule has 0 radical (unpaired) electrons. The quantitative estimate of drug-likeness (QED) is 0.760. The minimum Gasteiger partial charge on any atom is -0.343 e. The van der Waals surface area contributed by atoms with E-state index in [2.05, 4.69) is 10.6 Å². The number of hydrogen-bond donors (Lipinski definition) is 2. The monoisotopic (exact) mass is 239 g/mol. The molecule has 4 heteroatoms. The second kappa shape index (κ2) is 6.97. The fourth-order valence-corrected chi connectivity index (χ4v) is 2.71. The number of hydrogen-bond acceptors (Lipinski definition) is 3. The van der Waals surface area contributed by atoms with Crippen LogP contribution in [0, 0.1) is 0 Å². The highest BCUT2D eigenvalue weighted by Gasteiger charge is 2.17. The van der Waals surface area contributed by atoms with Crippen LogP contribution in [-0.2, 0) is 4.79 Å². The van der Waals surface area contributed by atoms with E-state index in [9.17, 15) is 4.79 Å². The molecule has 98 valence electrons. The van der Waals surface area contributed by atoms with E-state index in [0.717, 1.165) is 32.7 Å². The fraction of sp³-hybridized carbons (Fsp3) is 0.923. The summed E-state index contributed by atoms with van der Waals surface area (Å²) in [7, 11) is 0. The summed E-state index contributed by atoms with van der Waals surface area (Å²) in [6.45, 7) is 5.02. The molecule has 2 N–H and O–H groups in total. The Balaban J connectivity index is 1.58. The zero-order valence-electron chi connectivity index (χ0n) is 10.7. The Morgan fingerprint density at radius 2 is 1.88 bits per heavy atom. The number of likely N-dealkylation sites (tertiary alicyclic amines) is 1. The van der Waals surface area contributed by atoms with Crippen molar-refractivity contribution in [3.05, 3.63) is 0 Å². The van der Waals surface area contributed by atoms with Crippen molar-refractivity contribution >= 4 is 5.91 Å². The van der Waals surface area contributed by atoms with E-state index in [0.29, 0.717) is 18.4 Å². The predicted octanol–water partition coefficient (Wildman–Crippen LogP) is 0.731. The molecule has 0 aromatic heterocycles. The molecular weight excluding hydrogens is 214 g/mol. The van der Waals surface area contributed by atoms with E-state index in [1.54, 1.807) is 0 Å². The lowest BCUT2D eigenvalue weighted by Crippen LogP contribution is -2.42. The average Bonchev–Trinajstić information content (AvgIpc) is 2.41. The first-order valence-electron chi connectivity index (χ1n) is 7.08. The topological polar surface area (TPSA) is 44.4 Å². The van der Waals surface area contributed by atoms with Gasteiger partial charge in [-0.2, -0.15) is 0 Å². The molecule has 0 aromatic rings. The van der Waals surface area contributed by atoms with Crippen LogP contribution in [0.3, 0.4) is 0 Å². The van der Waals surface area contributed by atoms with Gasteiger partial charge in [-0.25, -0.2) is 0 Å². The summed E-state index contributed by atoms with van der Waals surface area (Å²) in [5, 5.41) is 6.85. The van der Waals surface area contributed by atoms with Crippen molar-refractivity contribution in [1.29, 1.82) is 0 Å². The molecule has 0 saturated carbocycles. The van der Waals surface area contributed by atoms with Crippen molar-refractivity contribution in [3.8, 4) is 0 Å². The predicted molar refractivity (Wildman–Crippen MR) is 68.9 cm³/mol. The van der Waals surface area contributed by atoms with Crippen molar-refractivity contribution < 1.29 is 4.79 Å². The van der Waals surface area contributed by atoms with Gasteiger partial charge in [0.15, 0.2) is 0 Å². The van der Waals surface area contributed by atoms with Crippen LogP contribution < -0.4 is 10.6 Å². The Morgan fingerprint density at radius 3 is 2.59 bits per heavy atom. The molecule has 1 amide bonds. The van der Waals surface area contributed by atoms with Crippen LogP contribution in [0.2, 0.25) is 0 Å². The highest BCUT2D eigenvalue weighted by atomic mass is 16.2. The van der Waals surface area contributed by atoms with E-state index in [1.165, 1.54) is 32.1 Å². The summed E-state index contributed by atoms with van der Waals surface area (Å²) in [5.74, 6) is 0.339. The van der Waals surface area contributed by atoms with Gasteiger partial charge in [-0.1, -0.05) is 0 Å². The molecule has 0 aromatic carbocycles. The van der Waals surface area contributed by atoms with Gasteiger partial charge >= 0.3 is 0 Å². The molecule has 0 aliphatic carbocycles. The van der Waals surface area contributed by atoms with Crippen molar-refractivity contribution in [2.45, 2.75) is 44.6 Å². The molecule has 0 bridgehead atoms. The summed E-state index contributed by atoms with van der Waals surface area (Å²) in [4.78, 5) is 13.9. The standard InChI is InChI=1S/C13H25N3O/c17-13(16-10-2-1-3-11-16)6-9-15-12-4-7-14-8-5-12/h12,14-15H,1-11H2. The van der Waals surface area contributed by atoms with Gasteiger partial charge in [0.2, 0.25) is 5.91 Å². The Morgan fingerprint density at radius 1 is 1.18 bits per heavy atom. The molecule has 2 aliphatic heterocycles. The maximum absolute atomic E-state index is 11.9. The molecule has 0 unspecified atom stereocenters. The van der Waals surface area contributed by atoms with Crippen LogP contribution in [0.5, 0.6) is 0 Å². The third-order valence-corrected chi connectivity index (χ3v) is 3.82. The minimum absolute atomic E-state index is 0.339. The Labute approximate surface area is 104 Å². The average molecular weight is 239 g/mol. The third-order valence-electron chi connectivity index (χ3n) is 3.82. The first-order chi connectivity index (χ1) is 8.36. The summed E-state index contributed by atoms with van der Waals surface area (Å²) in [6, 6.07) is 0.616. The number of rotatable bonds is 4. The Bertz CT molecular complexity index is 233. The van der Waals surface area contributed by atoms with Crippen LogP contribution in [-0.4, -0.2) is 49.6 Å². The van der Waals surface area contributed by atoms with Crippen molar-refractivity contribution in [1.82, 2.24) is 15.5 Å². The van der Waals surface area contributed by atoms with E-state index in [1.807, 2.05) is 4.90 Å². The van der Waals surface area contributed by atoms with E-state index >= 15 is 0 Å². The van der Waals surface area contributed by atoms with Crippen LogP contribution >= 0.6 is 0 Å². The smallest absolute Gasteiger partial charge is 0.223 e. The van der Waals surface area contributed by atoms with Crippen LogP contribution in [0.25, 0.3) is 0 Å². The molecule has 0 atom stereocenters. The van der Waals surface area contributed by atoms with Crippen LogP contribution in [0.1, 0.15) is 38.5 Å². The highest BCUT2D eigenvalue weighted by molar-refractivity contribution is 5.76. The molecule has 17 heavy (non-hydrogen) atoms. The van der Waals surface area contributed by atoms with E-state index < -0.39 is 0 Å². The second-order valence-electron chi connectivity index (χ2n) is 5.17. The lowest BCUT2D eigenvalue weighted by molar-refractivity contribution is -0.132. The van der Waals surface area contributed by atoms with Crippen molar-refractivity contribution in [3.63, 3.8) is 0 Å². The molecule has 2 fully saturated rings. The first-order valence-corrected chi connectivity index (χ1v) is 7.08. The highest BCUT2D eigenvalue weighted by Crippen LogP contribution is 2.09. The van der Waals surface area contributed by atoms with Gasteiger partial charge in [-0.3, -0.25) is 4.79 Å². The lowest BCUT2D eigenvalue weighted by Gasteiger charge is -2.28. The molecule has 2 saturated heterocycles. The second-order valence-corrected chi connectivity index (χ2v) is 5.17.